The molecule has 0 aliphatic carbocycles. The van der Waals surface area contributed by atoms with Crippen molar-refractivity contribution < 1.29 is 0 Å². The lowest BCUT2D eigenvalue weighted by atomic mass is 10.2. The van der Waals surface area contributed by atoms with E-state index in [1.54, 1.807) is 0 Å². The summed E-state index contributed by atoms with van der Waals surface area (Å²) in [7, 11) is 0. The van der Waals surface area contributed by atoms with Crippen LogP contribution in [0, 0.1) is 10.5 Å². The molecule has 1 aromatic rings. The van der Waals surface area contributed by atoms with E-state index in [2.05, 4.69) is 57.6 Å². The first-order chi connectivity index (χ1) is 4.74. The minimum absolute atomic E-state index is 0.859. The van der Waals surface area contributed by atoms with Gasteiger partial charge in [-0.25, -0.2) is 0 Å². The zero-order valence-electron chi connectivity index (χ0n) is 5.40. The summed E-state index contributed by atoms with van der Waals surface area (Å²) >= 11 is 5.72. The van der Waals surface area contributed by atoms with Crippen LogP contribution in [0.25, 0.3) is 0 Å². The van der Waals surface area contributed by atoms with Gasteiger partial charge in [0, 0.05) is 8.04 Å². The Morgan fingerprint density at radius 2 is 2.20 bits per heavy atom. The summed E-state index contributed by atoms with van der Waals surface area (Å²) in [6.07, 6.45) is 0.859. The second-order valence-electron chi connectivity index (χ2n) is 1.99. The third-order valence-corrected chi connectivity index (χ3v) is 2.82. The highest BCUT2D eigenvalue weighted by Crippen LogP contribution is 2.18. The molecule has 0 saturated carbocycles. The molecule has 1 radical (unpaired) electrons. The summed E-state index contributed by atoms with van der Waals surface area (Å²) in [5.41, 5.74) is 1.30. The minimum Gasteiger partial charge on any atom is -0.0508 e. The summed E-state index contributed by atoms with van der Waals surface area (Å²) in [5.74, 6) is 0. The smallest absolute Gasteiger partial charge is 0.0178 e. The first-order valence-electron chi connectivity index (χ1n) is 2.97. The Bertz CT molecular complexity index is 233. The third-order valence-electron chi connectivity index (χ3n) is 1.28. The van der Waals surface area contributed by atoms with Crippen molar-refractivity contribution in [3.05, 3.63) is 38.7 Å². The van der Waals surface area contributed by atoms with E-state index < -0.39 is 0 Å². The lowest BCUT2D eigenvalue weighted by Crippen LogP contribution is -1.84. The maximum absolute atomic E-state index is 3.83. The van der Waals surface area contributed by atoms with Gasteiger partial charge >= 0.3 is 0 Å². The highest BCUT2D eigenvalue weighted by Gasteiger charge is 1.95. The van der Waals surface area contributed by atoms with Crippen LogP contribution in [0.5, 0.6) is 0 Å². The Labute approximate surface area is 83.3 Å². The summed E-state index contributed by atoms with van der Waals surface area (Å²) in [4.78, 5) is 0. The first-order valence-corrected chi connectivity index (χ1v) is 4.84. The van der Waals surface area contributed by atoms with E-state index in [1.165, 1.54) is 9.13 Å². The lowest BCUT2D eigenvalue weighted by molar-refractivity contribution is 1.24. The Hall–Kier alpha value is 0.430. The maximum Gasteiger partial charge on any atom is 0.0178 e. The predicted octanol–water partition coefficient (Wildman–Crippen LogP) is 3.43. The fraction of sp³-hybridized carbons (Fsp3) is 0.125. The number of benzene rings is 1. The molecule has 0 heterocycles. The molecule has 1 aromatic carbocycles. The molecule has 0 aromatic heterocycles. The number of halogens is 2. The van der Waals surface area contributed by atoms with Crippen LogP contribution in [0.1, 0.15) is 5.56 Å². The van der Waals surface area contributed by atoms with Crippen LogP contribution in [-0.4, -0.2) is 0 Å². The molecule has 0 N–H and O–H groups in total. The van der Waals surface area contributed by atoms with Crippen molar-refractivity contribution in [2.45, 2.75) is 6.42 Å². The second kappa shape index (κ2) is 3.72. The van der Waals surface area contributed by atoms with E-state index in [0.29, 0.717) is 0 Å². The molecule has 0 spiro atoms. The SMILES string of the molecule is [CH2]Cc1cc(Br)ccc1I. The molecule has 0 bridgehead atoms. The van der Waals surface area contributed by atoms with Crippen LogP contribution in [0.4, 0.5) is 0 Å². The molecule has 0 aliphatic heterocycles. The quantitative estimate of drug-likeness (QED) is 0.697. The number of hydrogen-bond acceptors (Lipinski definition) is 0. The summed E-state index contributed by atoms with van der Waals surface area (Å²) in [5, 5.41) is 0. The fourth-order valence-corrected chi connectivity index (χ4v) is 1.75. The molecule has 0 unspecified atom stereocenters. The Morgan fingerprint density at radius 3 is 2.70 bits per heavy atom. The van der Waals surface area contributed by atoms with Gasteiger partial charge in [-0.05, 0) is 59.7 Å². The molecule has 10 heavy (non-hydrogen) atoms. The zero-order chi connectivity index (χ0) is 7.56. The van der Waals surface area contributed by atoms with Gasteiger partial charge in [-0.3, -0.25) is 0 Å². The fourth-order valence-electron chi connectivity index (χ4n) is 0.735. The van der Waals surface area contributed by atoms with Crippen molar-refractivity contribution in [3.63, 3.8) is 0 Å². The van der Waals surface area contributed by atoms with Crippen molar-refractivity contribution >= 4 is 38.5 Å². The Kier molecular flexibility index (Phi) is 3.17. The average molecular weight is 310 g/mol. The predicted molar refractivity (Wildman–Crippen MR) is 55.9 cm³/mol. The lowest BCUT2D eigenvalue weighted by Gasteiger charge is -1.99. The molecule has 0 amide bonds. The topological polar surface area (TPSA) is 0 Å². The molecule has 0 aliphatic rings. The van der Waals surface area contributed by atoms with Gasteiger partial charge in [0.15, 0.2) is 0 Å². The Morgan fingerprint density at radius 1 is 1.50 bits per heavy atom. The van der Waals surface area contributed by atoms with Crippen molar-refractivity contribution in [1.82, 2.24) is 0 Å². The van der Waals surface area contributed by atoms with Crippen LogP contribution in [-0.2, 0) is 6.42 Å². The molecular weight excluding hydrogens is 303 g/mol. The molecule has 0 fully saturated rings. The van der Waals surface area contributed by atoms with Gasteiger partial charge in [0.1, 0.15) is 0 Å². The highest BCUT2D eigenvalue weighted by molar-refractivity contribution is 14.1. The second-order valence-corrected chi connectivity index (χ2v) is 4.06. The molecule has 0 atom stereocenters. The van der Waals surface area contributed by atoms with Crippen LogP contribution in [0.15, 0.2) is 22.7 Å². The first kappa shape index (κ1) is 8.53. The molecular formula is C8H7BrI. The van der Waals surface area contributed by atoms with Crippen LogP contribution in [0.2, 0.25) is 0 Å². The van der Waals surface area contributed by atoms with Gasteiger partial charge in [0.25, 0.3) is 0 Å². The van der Waals surface area contributed by atoms with Gasteiger partial charge in [0.2, 0.25) is 0 Å². The molecule has 1 rings (SSSR count). The van der Waals surface area contributed by atoms with E-state index in [-0.39, 0.29) is 0 Å². The summed E-state index contributed by atoms with van der Waals surface area (Å²) in [6, 6.07) is 6.24. The van der Waals surface area contributed by atoms with Gasteiger partial charge in [-0.1, -0.05) is 15.9 Å². The molecule has 53 valence electrons. The zero-order valence-corrected chi connectivity index (χ0v) is 9.15. The van der Waals surface area contributed by atoms with Crippen molar-refractivity contribution in [2.75, 3.05) is 0 Å². The Balaban J connectivity index is 3.09. The van der Waals surface area contributed by atoms with E-state index in [9.17, 15) is 0 Å². The van der Waals surface area contributed by atoms with E-state index in [0.717, 1.165) is 10.9 Å². The van der Waals surface area contributed by atoms with Crippen LogP contribution in [0.3, 0.4) is 0 Å². The third kappa shape index (κ3) is 1.95. The van der Waals surface area contributed by atoms with Crippen LogP contribution >= 0.6 is 38.5 Å². The normalized spacial score (nSPS) is 9.90. The number of rotatable bonds is 1. The van der Waals surface area contributed by atoms with E-state index >= 15 is 0 Å². The van der Waals surface area contributed by atoms with E-state index in [1.807, 2.05) is 6.07 Å². The van der Waals surface area contributed by atoms with Crippen molar-refractivity contribution in [1.29, 1.82) is 0 Å². The minimum atomic E-state index is 0.859. The molecule has 0 saturated heterocycles. The largest absolute Gasteiger partial charge is 0.0508 e. The molecule has 0 nitrogen and oxygen atoms in total. The summed E-state index contributed by atoms with van der Waals surface area (Å²) in [6.45, 7) is 3.83. The average Bonchev–Trinajstić information content (AvgIpc) is 1.94. The van der Waals surface area contributed by atoms with Crippen molar-refractivity contribution in [3.8, 4) is 0 Å². The standard InChI is InChI=1S/C8H7BrI/c1-2-6-5-7(9)3-4-8(6)10/h3-5H,1-2H2. The van der Waals surface area contributed by atoms with Crippen molar-refractivity contribution in [2.24, 2.45) is 0 Å². The van der Waals surface area contributed by atoms with Crippen LogP contribution < -0.4 is 0 Å². The highest BCUT2D eigenvalue weighted by atomic mass is 127. The van der Waals surface area contributed by atoms with Gasteiger partial charge in [-0.15, -0.1) is 0 Å². The maximum atomic E-state index is 3.83. The van der Waals surface area contributed by atoms with Gasteiger partial charge in [-0.2, -0.15) is 0 Å². The van der Waals surface area contributed by atoms with Gasteiger partial charge < -0.3 is 0 Å². The monoisotopic (exact) mass is 309 g/mol. The number of hydrogen-bond donors (Lipinski definition) is 0. The summed E-state index contributed by atoms with van der Waals surface area (Å²) < 4.78 is 2.42. The molecule has 2 heteroatoms. The van der Waals surface area contributed by atoms with Gasteiger partial charge in [0.05, 0.1) is 0 Å². The van der Waals surface area contributed by atoms with E-state index in [4.69, 9.17) is 0 Å².